The third-order valence-electron chi connectivity index (χ3n) is 4.47. The zero-order chi connectivity index (χ0) is 22.2. The van der Waals surface area contributed by atoms with Crippen LogP contribution in [0.5, 0.6) is 5.75 Å². The summed E-state index contributed by atoms with van der Waals surface area (Å²) in [6.07, 6.45) is 1.96. The van der Waals surface area contributed by atoms with Crippen molar-refractivity contribution in [1.82, 2.24) is 14.8 Å². The van der Waals surface area contributed by atoms with Crippen LogP contribution in [-0.2, 0) is 11.3 Å². The smallest absolute Gasteiger partial charge is 0.271 e. The Morgan fingerprint density at radius 3 is 2.68 bits per heavy atom. The SMILES string of the molecule is CCCCn1c(SCC(=O)Nc2cccc([N+](=O)[O-])c2)nnc1-c1ccc(OC)cc1. The minimum atomic E-state index is -0.499. The first kappa shape index (κ1) is 22.3. The van der Waals surface area contributed by atoms with Crippen molar-refractivity contribution in [3.63, 3.8) is 0 Å². The van der Waals surface area contributed by atoms with Gasteiger partial charge in [0.1, 0.15) is 5.75 Å². The van der Waals surface area contributed by atoms with Gasteiger partial charge in [-0.2, -0.15) is 0 Å². The van der Waals surface area contributed by atoms with Gasteiger partial charge in [-0.15, -0.1) is 10.2 Å². The van der Waals surface area contributed by atoms with E-state index in [9.17, 15) is 14.9 Å². The number of hydrogen-bond acceptors (Lipinski definition) is 7. The zero-order valence-electron chi connectivity index (χ0n) is 17.3. The standard InChI is InChI=1S/C21H23N5O4S/c1-3-4-12-25-20(15-8-10-18(30-2)11-9-15)23-24-21(25)31-14-19(27)22-16-6-5-7-17(13-16)26(28)29/h5-11,13H,3-4,12,14H2,1-2H3,(H,22,27). The Kier molecular flexibility index (Phi) is 7.60. The fraction of sp³-hybridized carbons (Fsp3) is 0.286. The third-order valence-corrected chi connectivity index (χ3v) is 5.44. The predicted molar refractivity (Wildman–Crippen MR) is 119 cm³/mol. The lowest BCUT2D eigenvalue weighted by molar-refractivity contribution is -0.384. The molecule has 0 atom stereocenters. The van der Waals surface area contributed by atoms with Gasteiger partial charge in [-0.3, -0.25) is 14.9 Å². The molecule has 3 rings (SSSR count). The quantitative estimate of drug-likeness (QED) is 0.282. The molecule has 3 aromatic rings. The summed E-state index contributed by atoms with van der Waals surface area (Å²) in [5.41, 5.74) is 1.22. The van der Waals surface area contributed by atoms with Crippen LogP contribution in [0.25, 0.3) is 11.4 Å². The average molecular weight is 442 g/mol. The lowest BCUT2D eigenvalue weighted by Gasteiger charge is -2.10. The number of nitro benzene ring substituents is 1. The van der Waals surface area contributed by atoms with E-state index in [1.165, 1.54) is 30.0 Å². The molecule has 1 amide bonds. The number of rotatable bonds is 10. The van der Waals surface area contributed by atoms with Crippen LogP contribution in [0.1, 0.15) is 19.8 Å². The number of carbonyl (C=O) groups is 1. The van der Waals surface area contributed by atoms with Gasteiger partial charge in [-0.1, -0.05) is 31.2 Å². The summed E-state index contributed by atoms with van der Waals surface area (Å²) in [4.78, 5) is 22.8. The monoisotopic (exact) mass is 441 g/mol. The lowest BCUT2D eigenvalue weighted by atomic mass is 10.2. The molecule has 0 bridgehead atoms. The molecule has 162 valence electrons. The highest BCUT2D eigenvalue weighted by Gasteiger charge is 2.16. The molecule has 0 saturated heterocycles. The van der Waals surface area contributed by atoms with Crippen molar-refractivity contribution in [2.45, 2.75) is 31.5 Å². The molecule has 1 aromatic heterocycles. The number of nitrogens with one attached hydrogen (secondary N) is 1. The van der Waals surface area contributed by atoms with Gasteiger partial charge in [-0.05, 0) is 36.8 Å². The number of carbonyl (C=O) groups excluding carboxylic acids is 1. The van der Waals surface area contributed by atoms with Crippen molar-refractivity contribution in [2.75, 3.05) is 18.2 Å². The van der Waals surface area contributed by atoms with E-state index >= 15 is 0 Å². The summed E-state index contributed by atoms with van der Waals surface area (Å²) < 4.78 is 7.22. The first-order chi connectivity index (χ1) is 15.0. The minimum absolute atomic E-state index is 0.0751. The lowest BCUT2D eigenvalue weighted by Crippen LogP contribution is -2.15. The molecule has 0 aliphatic heterocycles. The van der Waals surface area contributed by atoms with Crippen LogP contribution in [0.4, 0.5) is 11.4 Å². The number of thioether (sulfide) groups is 1. The third kappa shape index (κ3) is 5.82. The highest BCUT2D eigenvalue weighted by Crippen LogP contribution is 2.26. The summed E-state index contributed by atoms with van der Waals surface area (Å²) in [6.45, 7) is 2.84. The van der Waals surface area contributed by atoms with Crippen molar-refractivity contribution in [1.29, 1.82) is 0 Å². The second kappa shape index (κ2) is 10.6. The van der Waals surface area contributed by atoms with Crippen LogP contribution < -0.4 is 10.1 Å². The van der Waals surface area contributed by atoms with Gasteiger partial charge in [0.25, 0.3) is 5.69 Å². The zero-order valence-corrected chi connectivity index (χ0v) is 18.1. The van der Waals surface area contributed by atoms with Gasteiger partial charge in [0.2, 0.25) is 5.91 Å². The van der Waals surface area contributed by atoms with Gasteiger partial charge in [-0.25, -0.2) is 0 Å². The topological polar surface area (TPSA) is 112 Å². The molecular formula is C21H23N5O4S. The molecule has 0 radical (unpaired) electrons. The number of non-ortho nitro benzene ring substituents is 1. The van der Waals surface area contributed by atoms with Crippen LogP contribution >= 0.6 is 11.8 Å². The number of aromatic nitrogens is 3. The molecule has 2 aromatic carbocycles. The van der Waals surface area contributed by atoms with E-state index in [-0.39, 0.29) is 17.3 Å². The molecule has 0 aliphatic carbocycles. The second-order valence-corrected chi connectivity index (χ2v) is 7.63. The number of nitrogens with zero attached hydrogens (tertiary/aromatic N) is 4. The minimum Gasteiger partial charge on any atom is -0.497 e. The summed E-state index contributed by atoms with van der Waals surface area (Å²) in [5, 5.41) is 22.8. The Bertz CT molecular complexity index is 1050. The number of hydrogen-bond donors (Lipinski definition) is 1. The van der Waals surface area contributed by atoms with E-state index in [4.69, 9.17) is 4.74 Å². The number of anilines is 1. The van der Waals surface area contributed by atoms with E-state index in [1.807, 2.05) is 28.8 Å². The molecular weight excluding hydrogens is 418 g/mol. The van der Waals surface area contributed by atoms with E-state index in [0.29, 0.717) is 10.8 Å². The van der Waals surface area contributed by atoms with Crippen LogP contribution in [-0.4, -0.2) is 38.5 Å². The summed E-state index contributed by atoms with van der Waals surface area (Å²) in [5.74, 6) is 1.32. The maximum absolute atomic E-state index is 12.4. The molecule has 0 spiro atoms. The molecule has 0 fully saturated rings. The number of unbranched alkanes of at least 4 members (excludes halogenated alkanes) is 1. The Morgan fingerprint density at radius 1 is 1.23 bits per heavy atom. The molecule has 0 unspecified atom stereocenters. The van der Waals surface area contributed by atoms with Gasteiger partial charge in [0, 0.05) is 29.9 Å². The fourth-order valence-corrected chi connectivity index (χ4v) is 3.66. The van der Waals surface area contributed by atoms with Gasteiger partial charge < -0.3 is 14.6 Å². The number of benzene rings is 2. The number of methoxy groups -OCH3 is 1. The van der Waals surface area contributed by atoms with Crippen molar-refractivity contribution >= 4 is 29.0 Å². The molecule has 0 aliphatic rings. The van der Waals surface area contributed by atoms with Crippen LogP contribution in [0.15, 0.2) is 53.7 Å². The van der Waals surface area contributed by atoms with E-state index < -0.39 is 4.92 Å². The van der Waals surface area contributed by atoms with E-state index in [0.717, 1.165) is 36.5 Å². The first-order valence-corrected chi connectivity index (χ1v) is 10.7. The van der Waals surface area contributed by atoms with Gasteiger partial charge in [0.15, 0.2) is 11.0 Å². The Morgan fingerprint density at radius 2 is 2.00 bits per heavy atom. The second-order valence-electron chi connectivity index (χ2n) is 6.68. The average Bonchev–Trinajstić information content (AvgIpc) is 3.19. The molecule has 9 nitrogen and oxygen atoms in total. The van der Waals surface area contributed by atoms with Crippen LogP contribution in [0, 0.1) is 10.1 Å². The fourth-order valence-electron chi connectivity index (χ4n) is 2.89. The van der Waals surface area contributed by atoms with Crippen LogP contribution in [0.3, 0.4) is 0 Å². The van der Waals surface area contributed by atoms with E-state index in [2.05, 4.69) is 22.4 Å². The number of amides is 1. The predicted octanol–water partition coefficient (Wildman–Crippen LogP) is 4.39. The Balaban J connectivity index is 1.71. The normalized spacial score (nSPS) is 10.6. The molecule has 1 heterocycles. The number of ether oxygens (including phenoxy) is 1. The largest absolute Gasteiger partial charge is 0.497 e. The molecule has 0 saturated carbocycles. The summed E-state index contributed by atoms with van der Waals surface area (Å²) in [6, 6.07) is 13.4. The summed E-state index contributed by atoms with van der Waals surface area (Å²) >= 11 is 1.28. The Hall–Kier alpha value is -3.40. The molecule has 10 heteroatoms. The van der Waals surface area contributed by atoms with Gasteiger partial charge >= 0.3 is 0 Å². The highest BCUT2D eigenvalue weighted by molar-refractivity contribution is 7.99. The highest BCUT2D eigenvalue weighted by atomic mass is 32.2. The maximum atomic E-state index is 12.4. The summed E-state index contributed by atoms with van der Waals surface area (Å²) in [7, 11) is 1.62. The van der Waals surface area contributed by atoms with Crippen molar-refractivity contribution in [3.8, 4) is 17.1 Å². The van der Waals surface area contributed by atoms with Crippen molar-refractivity contribution in [2.24, 2.45) is 0 Å². The van der Waals surface area contributed by atoms with Crippen LogP contribution in [0.2, 0.25) is 0 Å². The van der Waals surface area contributed by atoms with Crippen molar-refractivity contribution < 1.29 is 14.5 Å². The number of nitro groups is 1. The van der Waals surface area contributed by atoms with E-state index in [1.54, 1.807) is 13.2 Å². The van der Waals surface area contributed by atoms with Crippen molar-refractivity contribution in [3.05, 3.63) is 58.6 Å². The molecule has 31 heavy (non-hydrogen) atoms. The maximum Gasteiger partial charge on any atom is 0.271 e. The molecule has 1 N–H and O–H groups in total. The first-order valence-electron chi connectivity index (χ1n) is 9.76. The Labute approximate surface area is 184 Å². The van der Waals surface area contributed by atoms with Gasteiger partial charge in [0.05, 0.1) is 17.8 Å².